The third-order valence-electron chi connectivity index (χ3n) is 4.33. The normalized spacial score (nSPS) is 13.2. The first-order valence-electron chi connectivity index (χ1n) is 8.44. The van der Waals surface area contributed by atoms with Gasteiger partial charge in [-0.05, 0) is 42.5 Å². The Hall–Kier alpha value is -2.37. The lowest BCUT2D eigenvalue weighted by molar-refractivity contribution is 0.117. The van der Waals surface area contributed by atoms with Crippen LogP contribution in [0, 0.1) is 13.8 Å². The van der Waals surface area contributed by atoms with E-state index in [1.807, 2.05) is 30.3 Å². The summed E-state index contributed by atoms with van der Waals surface area (Å²) in [7, 11) is 0. The molecule has 5 heteroatoms. The lowest BCUT2D eigenvalue weighted by Crippen LogP contribution is -2.48. The summed E-state index contributed by atoms with van der Waals surface area (Å²) in [5, 5.41) is 25.1. The zero-order chi connectivity index (χ0) is 18.2. The predicted molar refractivity (Wildman–Crippen MR) is 98.7 cm³/mol. The van der Waals surface area contributed by atoms with Gasteiger partial charge in [-0.25, -0.2) is 4.79 Å². The van der Waals surface area contributed by atoms with Crippen LogP contribution in [0.5, 0.6) is 0 Å². The number of rotatable bonds is 8. The summed E-state index contributed by atoms with van der Waals surface area (Å²) >= 11 is 0. The van der Waals surface area contributed by atoms with Gasteiger partial charge in [0.15, 0.2) is 0 Å². The SMILES string of the molecule is Cc1ccc(CNC[C@@H](O)[C@H](Cc2ccccc2)NC(=O)O)cc1C. The highest BCUT2D eigenvalue weighted by Crippen LogP contribution is 2.10. The van der Waals surface area contributed by atoms with Crippen molar-refractivity contribution in [1.29, 1.82) is 0 Å². The van der Waals surface area contributed by atoms with E-state index in [-0.39, 0.29) is 0 Å². The van der Waals surface area contributed by atoms with Crippen molar-refractivity contribution in [2.75, 3.05) is 6.54 Å². The van der Waals surface area contributed by atoms with E-state index < -0.39 is 18.2 Å². The number of aryl methyl sites for hydroxylation is 2. The Balaban J connectivity index is 1.90. The van der Waals surface area contributed by atoms with E-state index in [0.29, 0.717) is 19.5 Å². The first kappa shape index (κ1) is 19.0. The van der Waals surface area contributed by atoms with Crippen molar-refractivity contribution >= 4 is 6.09 Å². The van der Waals surface area contributed by atoms with Crippen LogP contribution in [-0.2, 0) is 13.0 Å². The minimum atomic E-state index is -1.13. The lowest BCUT2D eigenvalue weighted by atomic mass is 10.0. The first-order chi connectivity index (χ1) is 12.0. The molecule has 0 aromatic heterocycles. The van der Waals surface area contributed by atoms with E-state index in [9.17, 15) is 9.90 Å². The second-order valence-electron chi connectivity index (χ2n) is 6.36. The third kappa shape index (κ3) is 6.21. The molecule has 0 aliphatic heterocycles. The van der Waals surface area contributed by atoms with Gasteiger partial charge >= 0.3 is 6.09 Å². The monoisotopic (exact) mass is 342 g/mol. The van der Waals surface area contributed by atoms with Crippen LogP contribution >= 0.6 is 0 Å². The van der Waals surface area contributed by atoms with Crippen molar-refractivity contribution in [3.05, 3.63) is 70.8 Å². The fourth-order valence-electron chi connectivity index (χ4n) is 2.73. The van der Waals surface area contributed by atoms with Gasteiger partial charge in [-0.3, -0.25) is 0 Å². The van der Waals surface area contributed by atoms with Crippen LogP contribution in [0.3, 0.4) is 0 Å². The number of aliphatic hydroxyl groups is 1. The highest BCUT2D eigenvalue weighted by atomic mass is 16.4. The van der Waals surface area contributed by atoms with Crippen LogP contribution in [-0.4, -0.2) is 35.0 Å². The van der Waals surface area contributed by atoms with E-state index in [1.54, 1.807) is 0 Å². The van der Waals surface area contributed by atoms with Crippen molar-refractivity contribution in [3.63, 3.8) is 0 Å². The van der Waals surface area contributed by atoms with Gasteiger partial charge in [-0.15, -0.1) is 0 Å². The van der Waals surface area contributed by atoms with E-state index in [4.69, 9.17) is 5.11 Å². The van der Waals surface area contributed by atoms with Crippen molar-refractivity contribution in [2.24, 2.45) is 0 Å². The van der Waals surface area contributed by atoms with Gasteiger partial charge in [0.05, 0.1) is 12.1 Å². The summed E-state index contributed by atoms with van der Waals surface area (Å²) in [6.07, 6.45) is -1.50. The molecule has 25 heavy (non-hydrogen) atoms. The predicted octanol–water partition coefficient (Wildman–Crippen LogP) is 2.63. The maximum Gasteiger partial charge on any atom is 0.404 e. The maximum absolute atomic E-state index is 11.0. The molecule has 134 valence electrons. The van der Waals surface area contributed by atoms with Gasteiger partial charge in [0.25, 0.3) is 0 Å². The van der Waals surface area contributed by atoms with Crippen LogP contribution in [0.2, 0.25) is 0 Å². The van der Waals surface area contributed by atoms with Gasteiger partial charge in [0, 0.05) is 13.1 Å². The Morgan fingerprint density at radius 1 is 1.04 bits per heavy atom. The molecule has 0 radical (unpaired) electrons. The van der Waals surface area contributed by atoms with Gasteiger partial charge in [0.1, 0.15) is 0 Å². The molecule has 0 saturated heterocycles. The van der Waals surface area contributed by atoms with Crippen LogP contribution in [0.15, 0.2) is 48.5 Å². The number of carboxylic acid groups (broad SMARTS) is 1. The molecular formula is C20H26N2O3. The molecule has 0 aliphatic carbocycles. The molecule has 0 heterocycles. The highest BCUT2D eigenvalue weighted by Gasteiger charge is 2.21. The van der Waals surface area contributed by atoms with E-state index in [0.717, 1.165) is 11.1 Å². The highest BCUT2D eigenvalue weighted by molar-refractivity contribution is 5.65. The Bertz CT molecular complexity index is 689. The summed E-state index contributed by atoms with van der Waals surface area (Å²) in [6, 6.07) is 15.2. The summed E-state index contributed by atoms with van der Waals surface area (Å²) in [6.45, 7) is 5.08. The number of amides is 1. The Kier molecular flexibility index (Phi) is 6.98. The average molecular weight is 342 g/mol. The number of aliphatic hydroxyl groups excluding tert-OH is 1. The molecule has 2 rings (SSSR count). The second kappa shape index (κ2) is 9.20. The summed E-state index contributed by atoms with van der Waals surface area (Å²) in [5.41, 5.74) is 4.60. The summed E-state index contributed by atoms with van der Waals surface area (Å²) < 4.78 is 0. The smallest absolute Gasteiger partial charge is 0.404 e. The van der Waals surface area contributed by atoms with Crippen molar-refractivity contribution < 1.29 is 15.0 Å². The molecule has 0 saturated carbocycles. The number of carbonyl (C=O) groups is 1. The molecule has 1 amide bonds. The molecule has 2 aromatic carbocycles. The Morgan fingerprint density at radius 3 is 2.40 bits per heavy atom. The zero-order valence-electron chi connectivity index (χ0n) is 14.7. The van der Waals surface area contributed by atoms with Gasteiger partial charge in [0.2, 0.25) is 0 Å². The fraction of sp³-hybridized carbons (Fsp3) is 0.350. The van der Waals surface area contributed by atoms with Crippen LogP contribution in [0.25, 0.3) is 0 Å². The average Bonchev–Trinajstić information content (AvgIpc) is 2.58. The number of hydrogen-bond acceptors (Lipinski definition) is 3. The molecule has 0 bridgehead atoms. The van der Waals surface area contributed by atoms with Crippen LogP contribution in [0.1, 0.15) is 22.3 Å². The summed E-state index contributed by atoms with van der Waals surface area (Å²) in [4.78, 5) is 11.0. The minimum Gasteiger partial charge on any atom is -0.465 e. The number of nitrogens with one attached hydrogen (secondary N) is 2. The van der Waals surface area contributed by atoms with E-state index in [2.05, 4.69) is 42.7 Å². The number of benzene rings is 2. The fourth-order valence-corrected chi connectivity index (χ4v) is 2.73. The van der Waals surface area contributed by atoms with Gasteiger partial charge in [-0.1, -0.05) is 48.5 Å². The van der Waals surface area contributed by atoms with Crippen LogP contribution < -0.4 is 10.6 Å². The molecule has 0 aliphatic rings. The molecule has 2 atom stereocenters. The lowest BCUT2D eigenvalue weighted by Gasteiger charge is -2.23. The second-order valence-corrected chi connectivity index (χ2v) is 6.36. The molecule has 0 unspecified atom stereocenters. The zero-order valence-corrected chi connectivity index (χ0v) is 14.7. The van der Waals surface area contributed by atoms with Gasteiger partial charge in [-0.2, -0.15) is 0 Å². The maximum atomic E-state index is 11.0. The first-order valence-corrected chi connectivity index (χ1v) is 8.44. The van der Waals surface area contributed by atoms with Gasteiger partial charge < -0.3 is 20.8 Å². The van der Waals surface area contributed by atoms with Crippen molar-refractivity contribution in [3.8, 4) is 0 Å². The third-order valence-corrected chi connectivity index (χ3v) is 4.33. The summed E-state index contributed by atoms with van der Waals surface area (Å²) in [5.74, 6) is 0. The molecular weight excluding hydrogens is 316 g/mol. The Labute approximate surface area is 148 Å². The van der Waals surface area contributed by atoms with Crippen molar-refractivity contribution in [1.82, 2.24) is 10.6 Å². The van der Waals surface area contributed by atoms with E-state index >= 15 is 0 Å². The minimum absolute atomic E-state index is 0.310. The topological polar surface area (TPSA) is 81.6 Å². The molecule has 5 nitrogen and oxygen atoms in total. The molecule has 4 N–H and O–H groups in total. The molecule has 0 spiro atoms. The number of hydrogen-bond donors (Lipinski definition) is 4. The van der Waals surface area contributed by atoms with Crippen LogP contribution in [0.4, 0.5) is 4.79 Å². The Morgan fingerprint density at radius 2 is 1.76 bits per heavy atom. The molecule has 2 aromatic rings. The quantitative estimate of drug-likeness (QED) is 0.594. The molecule has 0 fully saturated rings. The standard InChI is InChI=1S/C20H26N2O3/c1-14-8-9-17(10-15(14)2)12-21-13-19(23)18(22-20(24)25)11-16-6-4-3-5-7-16/h3-10,18-19,21-23H,11-13H2,1-2H3,(H,24,25)/t18-,19+/m0/s1. The van der Waals surface area contributed by atoms with Crippen molar-refractivity contribution in [2.45, 2.75) is 39.0 Å². The largest absolute Gasteiger partial charge is 0.465 e. The van der Waals surface area contributed by atoms with E-state index in [1.165, 1.54) is 11.1 Å².